The van der Waals surface area contributed by atoms with Crippen molar-refractivity contribution in [3.05, 3.63) is 42.1 Å². The Labute approximate surface area is 116 Å². The number of hydrogen-bond donors (Lipinski definition) is 2. The van der Waals surface area contributed by atoms with Crippen molar-refractivity contribution < 1.29 is 14.6 Å². The highest BCUT2D eigenvalue weighted by atomic mass is 16.5. The number of nitrogen functional groups attached to an aromatic ring is 1. The minimum absolute atomic E-state index is 0.0467. The van der Waals surface area contributed by atoms with Crippen molar-refractivity contribution in [2.75, 3.05) is 24.8 Å². The Morgan fingerprint density at radius 3 is 2.45 bits per heavy atom. The van der Waals surface area contributed by atoms with Gasteiger partial charge in [0, 0.05) is 12.7 Å². The molecule has 6 nitrogen and oxygen atoms in total. The summed E-state index contributed by atoms with van der Waals surface area (Å²) < 4.78 is 5.09. The normalized spacial score (nSPS) is 10.1. The third kappa shape index (κ3) is 2.64. The molecule has 0 spiro atoms. The van der Waals surface area contributed by atoms with Crippen LogP contribution in [0.3, 0.4) is 0 Å². The summed E-state index contributed by atoms with van der Waals surface area (Å²) in [5.74, 6) is 0.0480. The van der Waals surface area contributed by atoms with Gasteiger partial charge in [0.15, 0.2) is 11.5 Å². The lowest BCUT2D eigenvalue weighted by molar-refractivity contribution is 0.0690. The van der Waals surface area contributed by atoms with Gasteiger partial charge in [-0.3, -0.25) is 0 Å². The summed E-state index contributed by atoms with van der Waals surface area (Å²) in [6.07, 6.45) is 0. The fraction of sp³-hybridized carbons (Fsp3) is 0.143. The van der Waals surface area contributed by atoms with Gasteiger partial charge in [-0.2, -0.15) is 0 Å². The second-order valence-corrected chi connectivity index (χ2v) is 4.17. The van der Waals surface area contributed by atoms with Gasteiger partial charge < -0.3 is 20.5 Å². The molecule has 0 atom stereocenters. The lowest BCUT2D eigenvalue weighted by Gasteiger charge is -2.20. The lowest BCUT2D eigenvalue weighted by atomic mass is 10.2. The van der Waals surface area contributed by atoms with Crippen LogP contribution >= 0.6 is 0 Å². The highest BCUT2D eigenvalue weighted by Crippen LogP contribution is 2.28. The van der Waals surface area contributed by atoms with Crippen molar-refractivity contribution in [2.24, 2.45) is 0 Å². The van der Waals surface area contributed by atoms with E-state index in [2.05, 4.69) is 4.98 Å². The van der Waals surface area contributed by atoms with E-state index in [4.69, 9.17) is 15.6 Å². The van der Waals surface area contributed by atoms with E-state index < -0.39 is 5.97 Å². The number of nitrogens with two attached hydrogens (primary N) is 1. The van der Waals surface area contributed by atoms with Gasteiger partial charge in [0.05, 0.1) is 12.8 Å². The zero-order chi connectivity index (χ0) is 14.7. The maximum absolute atomic E-state index is 11.0. The van der Waals surface area contributed by atoms with Crippen LogP contribution in [0.15, 0.2) is 36.4 Å². The van der Waals surface area contributed by atoms with Crippen molar-refractivity contribution in [3.8, 4) is 5.75 Å². The number of aromatic carboxylic acids is 1. The number of carbonyl (C=O) groups is 1. The third-order valence-electron chi connectivity index (χ3n) is 2.90. The number of carboxylic acids is 1. The van der Waals surface area contributed by atoms with Crippen LogP contribution in [0.2, 0.25) is 0 Å². The molecule has 0 unspecified atom stereocenters. The number of rotatable bonds is 4. The van der Waals surface area contributed by atoms with Gasteiger partial charge in [-0.05, 0) is 36.4 Å². The summed E-state index contributed by atoms with van der Waals surface area (Å²) in [6.45, 7) is 0. The van der Waals surface area contributed by atoms with E-state index in [-0.39, 0.29) is 5.69 Å². The van der Waals surface area contributed by atoms with Crippen LogP contribution in [0.1, 0.15) is 10.5 Å². The number of nitrogens with zero attached hydrogens (tertiary/aromatic N) is 2. The van der Waals surface area contributed by atoms with E-state index >= 15 is 0 Å². The molecule has 2 aromatic rings. The van der Waals surface area contributed by atoms with Crippen LogP contribution in [-0.2, 0) is 0 Å². The Kier molecular flexibility index (Phi) is 3.74. The molecule has 3 N–H and O–H groups in total. The van der Waals surface area contributed by atoms with E-state index in [1.807, 2.05) is 24.3 Å². The van der Waals surface area contributed by atoms with Crippen LogP contribution in [0.4, 0.5) is 17.2 Å². The molecule has 1 aromatic heterocycles. The van der Waals surface area contributed by atoms with Gasteiger partial charge in [0.2, 0.25) is 0 Å². The van der Waals surface area contributed by atoms with E-state index in [9.17, 15) is 4.79 Å². The summed E-state index contributed by atoms with van der Waals surface area (Å²) in [5.41, 5.74) is 7.05. The molecule has 104 valence electrons. The maximum Gasteiger partial charge on any atom is 0.354 e. The van der Waals surface area contributed by atoms with E-state index in [0.29, 0.717) is 11.5 Å². The number of hydrogen-bond acceptors (Lipinski definition) is 5. The van der Waals surface area contributed by atoms with Gasteiger partial charge in [0.25, 0.3) is 0 Å². The van der Waals surface area contributed by atoms with Gasteiger partial charge in [0.1, 0.15) is 5.75 Å². The molecule has 0 aliphatic heterocycles. The number of anilines is 3. The van der Waals surface area contributed by atoms with Crippen LogP contribution in [0.5, 0.6) is 5.75 Å². The molecule has 0 aliphatic rings. The first-order valence-corrected chi connectivity index (χ1v) is 5.90. The molecule has 0 saturated carbocycles. The molecule has 0 aliphatic carbocycles. The van der Waals surface area contributed by atoms with Gasteiger partial charge in [-0.15, -0.1) is 0 Å². The lowest BCUT2D eigenvalue weighted by Crippen LogP contribution is -2.15. The number of benzene rings is 1. The van der Waals surface area contributed by atoms with E-state index in [1.165, 1.54) is 12.1 Å². The smallest absolute Gasteiger partial charge is 0.354 e. The highest BCUT2D eigenvalue weighted by Gasteiger charge is 2.13. The minimum Gasteiger partial charge on any atom is -0.497 e. The zero-order valence-corrected chi connectivity index (χ0v) is 11.2. The summed E-state index contributed by atoms with van der Waals surface area (Å²) >= 11 is 0. The Balaban J connectivity index is 2.38. The Morgan fingerprint density at radius 1 is 1.25 bits per heavy atom. The molecule has 1 heterocycles. The SMILES string of the molecule is COc1ccc(N(C)c2nc(C(=O)O)ccc2N)cc1. The van der Waals surface area contributed by atoms with Crippen molar-refractivity contribution >= 4 is 23.2 Å². The van der Waals surface area contributed by atoms with Crippen molar-refractivity contribution in [2.45, 2.75) is 0 Å². The van der Waals surface area contributed by atoms with Crippen molar-refractivity contribution in [1.29, 1.82) is 0 Å². The average molecular weight is 273 g/mol. The predicted octanol–water partition coefficient (Wildman–Crippen LogP) is 2.14. The Hall–Kier alpha value is -2.76. The van der Waals surface area contributed by atoms with Gasteiger partial charge in [-0.1, -0.05) is 0 Å². The second kappa shape index (κ2) is 5.48. The molecule has 1 aromatic carbocycles. The maximum atomic E-state index is 11.0. The van der Waals surface area contributed by atoms with Crippen LogP contribution in [-0.4, -0.2) is 30.2 Å². The molecule has 2 rings (SSSR count). The van der Waals surface area contributed by atoms with Crippen LogP contribution in [0.25, 0.3) is 0 Å². The molecule has 0 amide bonds. The number of ether oxygens (including phenoxy) is 1. The molecule has 0 radical (unpaired) electrons. The largest absolute Gasteiger partial charge is 0.497 e. The van der Waals surface area contributed by atoms with E-state index in [1.54, 1.807) is 19.1 Å². The summed E-state index contributed by atoms with van der Waals surface area (Å²) in [4.78, 5) is 16.8. The molecular weight excluding hydrogens is 258 g/mol. The molecule has 20 heavy (non-hydrogen) atoms. The Bertz CT molecular complexity index is 626. The third-order valence-corrected chi connectivity index (χ3v) is 2.90. The first kappa shape index (κ1) is 13.7. The first-order chi connectivity index (χ1) is 9.52. The average Bonchev–Trinajstić information content (AvgIpc) is 2.47. The molecule has 0 saturated heterocycles. The summed E-state index contributed by atoms with van der Waals surface area (Å²) in [5, 5.41) is 8.98. The fourth-order valence-corrected chi connectivity index (χ4v) is 1.78. The van der Waals surface area contributed by atoms with Crippen LogP contribution in [0, 0.1) is 0 Å². The Morgan fingerprint density at radius 2 is 1.90 bits per heavy atom. The minimum atomic E-state index is -1.09. The summed E-state index contributed by atoms with van der Waals surface area (Å²) in [7, 11) is 3.36. The van der Waals surface area contributed by atoms with E-state index in [0.717, 1.165) is 11.4 Å². The number of carboxylic acid groups (broad SMARTS) is 1. The number of aromatic nitrogens is 1. The molecule has 6 heteroatoms. The molecule has 0 bridgehead atoms. The topological polar surface area (TPSA) is 88.7 Å². The molecular formula is C14H15N3O3. The zero-order valence-electron chi connectivity index (χ0n) is 11.2. The molecule has 0 fully saturated rings. The number of methoxy groups -OCH3 is 1. The monoisotopic (exact) mass is 273 g/mol. The highest BCUT2D eigenvalue weighted by molar-refractivity contribution is 5.87. The van der Waals surface area contributed by atoms with Crippen molar-refractivity contribution in [3.63, 3.8) is 0 Å². The fourth-order valence-electron chi connectivity index (χ4n) is 1.78. The summed E-state index contributed by atoms with van der Waals surface area (Å²) in [6, 6.07) is 10.2. The predicted molar refractivity (Wildman–Crippen MR) is 76.7 cm³/mol. The van der Waals surface area contributed by atoms with Crippen molar-refractivity contribution in [1.82, 2.24) is 4.98 Å². The first-order valence-electron chi connectivity index (χ1n) is 5.90. The number of pyridine rings is 1. The second-order valence-electron chi connectivity index (χ2n) is 4.17. The standard InChI is InChI=1S/C14H15N3O3/c1-17(9-3-5-10(20-2)6-4-9)13-11(15)7-8-12(16-13)14(18)19/h3-8H,15H2,1-2H3,(H,18,19). The van der Waals surface area contributed by atoms with Gasteiger partial charge in [-0.25, -0.2) is 9.78 Å². The quantitative estimate of drug-likeness (QED) is 0.887. The van der Waals surface area contributed by atoms with Gasteiger partial charge >= 0.3 is 5.97 Å². The van der Waals surface area contributed by atoms with Crippen LogP contribution < -0.4 is 15.4 Å².